The molecule has 0 spiro atoms. The number of ether oxygens (including phenoxy) is 1. The number of benzene rings is 2. The topological polar surface area (TPSA) is 21.3 Å². The fourth-order valence-electron chi connectivity index (χ4n) is 2.70. The summed E-state index contributed by atoms with van der Waals surface area (Å²) in [6.45, 7) is 4.84. The van der Waals surface area contributed by atoms with Gasteiger partial charge in [-0.15, -0.1) is 0 Å². The fourth-order valence-corrected chi connectivity index (χ4v) is 2.70. The molecule has 2 nitrogen and oxygen atoms in total. The van der Waals surface area contributed by atoms with Gasteiger partial charge in [0.15, 0.2) is 0 Å². The molecule has 2 rings (SSSR count). The third-order valence-electron chi connectivity index (χ3n) is 3.93. The van der Waals surface area contributed by atoms with Crippen LogP contribution < -0.4 is 5.32 Å². The molecule has 118 valence electrons. The molecule has 0 radical (unpaired) electrons. The minimum Gasteiger partial charge on any atom is -0.383 e. The van der Waals surface area contributed by atoms with Crippen molar-refractivity contribution in [3.05, 3.63) is 71.3 Å². The average molecular weight is 297 g/mol. The molecule has 0 fully saturated rings. The van der Waals surface area contributed by atoms with Crippen molar-refractivity contribution in [2.24, 2.45) is 5.92 Å². The second kappa shape index (κ2) is 9.39. The smallest absolute Gasteiger partial charge is 0.0587 e. The van der Waals surface area contributed by atoms with E-state index in [4.69, 9.17) is 4.74 Å². The molecule has 0 aliphatic carbocycles. The molecule has 2 aromatic rings. The predicted octanol–water partition coefficient (Wildman–Crippen LogP) is 3.63. The number of rotatable bonds is 9. The standard InChI is InChI=1S/C20H27NO/c1-17-8-10-19(11-9-17)15-20(16-21-12-13-22-2)14-18-6-4-3-5-7-18/h3-11,20-21H,12-16H2,1-2H3. The van der Waals surface area contributed by atoms with Crippen LogP contribution in [0.5, 0.6) is 0 Å². The number of hydrogen-bond acceptors (Lipinski definition) is 2. The second-order valence-corrected chi connectivity index (χ2v) is 5.94. The third-order valence-corrected chi connectivity index (χ3v) is 3.93. The quantitative estimate of drug-likeness (QED) is 0.714. The molecule has 22 heavy (non-hydrogen) atoms. The summed E-state index contributed by atoms with van der Waals surface area (Å²) in [4.78, 5) is 0. The van der Waals surface area contributed by atoms with Gasteiger partial charge in [-0.05, 0) is 43.4 Å². The van der Waals surface area contributed by atoms with Gasteiger partial charge in [-0.2, -0.15) is 0 Å². The molecule has 1 N–H and O–H groups in total. The van der Waals surface area contributed by atoms with E-state index in [0.29, 0.717) is 5.92 Å². The van der Waals surface area contributed by atoms with Crippen LogP contribution in [0.3, 0.4) is 0 Å². The molecule has 1 unspecified atom stereocenters. The third kappa shape index (κ3) is 6.00. The lowest BCUT2D eigenvalue weighted by Gasteiger charge is -2.18. The zero-order chi connectivity index (χ0) is 15.6. The Hall–Kier alpha value is -1.64. The van der Waals surface area contributed by atoms with Gasteiger partial charge in [0.05, 0.1) is 6.61 Å². The SMILES string of the molecule is COCCNCC(Cc1ccccc1)Cc1ccc(C)cc1. The van der Waals surface area contributed by atoms with Crippen molar-refractivity contribution in [1.29, 1.82) is 0 Å². The van der Waals surface area contributed by atoms with E-state index in [9.17, 15) is 0 Å². The lowest BCUT2D eigenvalue weighted by atomic mass is 9.92. The van der Waals surface area contributed by atoms with Crippen molar-refractivity contribution >= 4 is 0 Å². The van der Waals surface area contributed by atoms with Crippen molar-refractivity contribution in [2.45, 2.75) is 19.8 Å². The highest BCUT2D eigenvalue weighted by Gasteiger charge is 2.10. The largest absolute Gasteiger partial charge is 0.383 e. The van der Waals surface area contributed by atoms with E-state index in [1.54, 1.807) is 7.11 Å². The molecule has 0 aromatic heterocycles. The van der Waals surface area contributed by atoms with Gasteiger partial charge >= 0.3 is 0 Å². The van der Waals surface area contributed by atoms with Gasteiger partial charge < -0.3 is 10.1 Å². The Morgan fingerprint density at radius 1 is 0.909 bits per heavy atom. The molecule has 0 saturated heterocycles. The van der Waals surface area contributed by atoms with E-state index in [1.165, 1.54) is 16.7 Å². The van der Waals surface area contributed by atoms with Crippen molar-refractivity contribution in [3.8, 4) is 0 Å². The summed E-state index contributed by atoms with van der Waals surface area (Å²) in [7, 11) is 1.75. The molecule has 0 aliphatic heterocycles. The fraction of sp³-hybridized carbons (Fsp3) is 0.400. The maximum atomic E-state index is 5.11. The molecule has 2 aromatic carbocycles. The summed E-state index contributed by atoms with van der Waals surface area (Å²) in [6, 6.07) is 19.7. The van der Waals surface area contributed by atoms with Gasteiger partial charge in [0, 0.05) is 13.7 Å². The minimum atomic E-state index is 0.599. The van der Waals surface area contributed by atoms with Crippen molar-refractivity contribution in [3.63, 3.8) is 0 Å². The van der Waals surface area contributed by atoms with Crippen LogP contribution in [0.25, 0.3) is 0 Å². The Kier molecular flexibility index (Phi) is 7.14. The first-order valence-corrected chi connectivity index (χ1v) is 8.07. The molecule has 0 saturated carbocycles. The van der Waals surface area contributed by atoms with Gasteiger partial charge in [-0.1, -0.05) is 60.2 Å². The summed E-state index contributed by atoms with van der Waals surface area (Å²) < 4.78 is 5.11. The van der Waals surface area contributed by atoms with Crippen molar-refractivity contribution < 1.29 is 4.74 Å². The van der Waals surface area contributed by atoms with E-state index in [1.807, 2.05) is 0 Å². The lowest BCUT2D eigenvalue weighted by molar-refractivity contribution is 0.197. The highest BCUT2D eigenvalue weighted by molar-refractivity contribution is 5.22. The molecular weight excluding hydrogens is 270 g/mol. The van der Waals surface area contributed by atoms with Crippen molar-refractivity contribution in [2.75, 3.05) is 26.8 Å². The molecule has 0 amide bonds. The van der Waals surface area contributed by atoms with Gasteiger partial charge in [0.1, 0.15) is 0 Å². The highest BCUT2D eigenvalue weighted by atomic mass is 16.5. The van der Waals surface area contributed by atoms with E-state index in [0.717, 1.165) is 32.5 Å². The van der Waals surface area contributed by atoms with Gasteiger partial charge in [-0.25, -0.2) is 0 Å². The summed E-state index contributed by atoms with van der Waals surface area (Å²) in [5, 5.41) is 3.51. The van der Waals surface area contributed by atoms with Crippen LogP contribution in [0.15, 0.2) is 54.6 Å². The monoisotopic (exact) mass is 297 g/mol. The molecule has 1 atom stereocenters. The van der Waals surface area contributed by atoms with E-state index >= 15 is 0 Å². The summed E-state index contributed by atoms with van der Waals surface area (Å²) in [5.74, 6) is 0.599. The first-order chi connectivity index (χ1) is 10.8. The summed E-state index contributed by atoms with van der Waals surface area (Å²) in [6.07, 6.45) is 2.21. The zero-order valence-electron chi connectivity index (χ0n) is 13.7. The zero-order valence-corrected chi connectivity index (χ0v) is 13.7. The maximum absolute atomic E-state index is 5.11. The first kappa shape index (κ1) is 16.7. The molecular formula is C20H27NO. The maximum Gasteiger partial charge on any atom is 0.0587 e. The van der Waals surface area contributed by atoms with Crippen LogP contribution in [-0.4, -0.2) is 26.8 Å². The first-order valence-electron chi connectivity index (χ1n) is 8.07. The van der Waals surface area contributed by atoms with Gasteiger partial charge in [0.25, 0.3) is 0 Å². The van der Waals surface area contributed by atoms with Crippen molar-refractivity contribution in [1.82, 2.24) is 5.32 Å². The number of methoxy groups -OCH3 is 1. The second-order valence-electron chi connectivity index (χ2n) is 5.94. The van der Waals surface area contributed by atoms with Crippen LogP contribution >= 0.6 is 0 Å². The Bertz CT molecular complexity index is 521. The van der Waals surface area contributed by atoms with E-state index in [-0.39, 0.29) is 0 Å². The number of nitrogens with one attached hydrogen (secondary N) is 1. The summed E-state index contributed by atoms with van der Waals surface area (Å²) in [5.41, 5.74) is 4.15. The highest BCUT2D eigenvalue weighted by Crippen LogP contribution is 2.15. The Balaban J connectivity index is 1.95. The van der Waals surface area contributed by atoms with E-state index < -0.39 is 0 Å². The van der Waals surface area contributed by atoms with E-state index in [2.05, 4.69) is 66.8 Å². The predicted molar refractivity (Wildman–Crippen MR) is 93.3 cm³/mol. The Labute approximate surface area is 134 Å². The van der Waals surface area contributed by atoms with Crippen LogP contribution in [0, 0.1) is 12.8 Å². The van der Waals surface area contributed by atoms with Crippen LogP contribution in [-0.2, 0) is 17.6 Å². The summed E-state index contributed by atoms with van der Waals surface area (Å²) >= 11 is 0. The normalized spacial score (nSPS) is 12.3. The lowest BCUT2D eigenvalue weighted by Crippen LogP contribution is -2.28. The molecule has 0 heterocycles. The van der Waals surface area contributed by atoms with Crippen LogP contribution in [0.4, 0.5) is 0 Å². The Morgan fingerprint density at radius 2 is 1.55 bits per heavy atom. The molecule has 0 bridgehead atoms. The van der Waals surface area contributed by atoms with Gasteiger partial charge in [0.2, 0.25) is 0 Å². The minimum absolute atomic E-state index is 0.599. The Morgan fingerprint density at radius 3 is 2.18 bits per heavy atom. The van der Waals surface area contributed by atoms with Crippen LogP contribution in [0.2, 0.25) is 0 Å². The van der Waals surface area contributed by atoms with Crippen LogP contribution in [0.1, 0.15) is 16.7 Å². The average Bonchev–Trinajstić information content (AvgIpc) is 2.54. The number of hydrogen-bond donors (Lipinski definition) is 1. The number of aryl methyl sites for hydroxylation is 1. The molecule has 2 heteroatoms. The van der Waals surface area contributed by atoms with Gasteiger partial charge in [-0.3, -0.25) is 0 Å². The molecule has 0 aliphatic rings.